The monoisotopic (exact) mass is 242 g/mol. The summed E-state index contributed by atoms with van der Waals surface area (Å²) in [6.07, 6.45) is 0. The maximum atomic E-state index is 7.25. The summed E-state index contributed by atoms with van der Waals surface area (Å²) < 4.78 is 0. The molecule has 4 heteroatoms. The Morgan fingerprint density at radius 1 is 1.00 bits per heavy atom. The number of hydrogen-bond acceptors (Lipinski definition) is 1. The van der Waals surface area contributed by atoms with Crippen LogP contribution in [0.15, 0.2) is 0 Å². The molecule has 1 N–H and O–H groups in total. The SMILES string of the molecule is CN(C)C(=N)N(C)C.[I-]. The smallest absolute Gasteiger partial charge is 0.192 e. The summed E-state index contributed by atoms with van der Waals surface area (Å²) in [6, 6.07) is 0. The molecule has 0 aliphatic carbocycles. The minimum absolute atomic E-state index is 0. The van der Waals surface area contributed by atoms with Crippen molar-refractivity contribution in [3.63, 3.8) is 0 Å². The van der Waals surface area contributed by atoms with Crippen molar-refractivity contribution >= 4 is 5.96 Å². The number of rotatable bonds is 0. The topological polar surface area (TPSA) is 30.3 Å². The van der Waals surface area contributed by atoms with Crippen molar-refractivity contribution in [1.82, 2.24) is 9.80 Å². The maximum absolute atomic E-state index is 7.25. The molecular weight excluding hydrogens is 229 g/mol. The van der Waals surface area contributed by atoms with Crippen molar-refractivity contribution in [3.8, 4) is 0 Å². The van der Waals surface area contributed by atoms with Crippen LogP contribution >= 0.6 is 0 Å². The first-order chi connectivity index (χ1) is 3.55. The Kier molecular flexibility index (Phi) is 6.32. The molecule has 0 saturated heterocycles. The first kappa shape index (κ1) is 11.8. The highest BCUT2D eigenvalue weighted by Crippen LogP contribution is 1.80. The first-order valence-corrected chi connectivity index (χ1v) is 2.49. The molecule has 3 nitrogen and oxygen atoms in total. The summed E-state index contributed by atoms with van der Waals surface area (Å²) in [7, 11) is 7.40. The van der Waals surface area contributed by atoms with E-state index in [4.69, 9.17) is 5.41 Å². The summed E-state index contributed by atoms with van der Waals surface area (Å²) in [5.41, 5.74) is 0. The molecule has 0 radical (unpaired) electrons. The van der Waals surface area contributed by atoms with Crippen LogP contribution in [0.5, 0.6) is 0 Å². The van der Waals surface area contributed by atoms with E-state index in [2.05, 4.69) is 0 Å². The van der Waals surface area contributed by atoms with E-state index in [0.717, 1.165) is 0 Å². The van der Waals surface area contributed by atoms with Crippen LogP contribution in [0.3, 0.4) is 0 Å². The van der Waals surface area contributed by atoms with Gasteiger partial charge in [0.05, 0.1) is 0 Å². The van der Waals surface area contributed by atoms with Crippen molar-refractivity contribution in [2.45, 2.75) is 0 Å². The molecule has 0 atom stereocenters. The van der Waals surface area contributed by atoms with Crippen molar-refractivity contribution in [2.24, 2.45) is 0 Å². The van der Waals surface area contributed by atoms with Gasteiger partial charge in [-0.05, 0) is 0 Å². The zero-order chi connectivity index (χ0) is 6.73. The van der Waals surface area contributed by atoms with Crippen LogP contribution in [-0.4, -0.2) is 44.0 Å². The molecule has 0 heterocycles. The zero-order valence-corrected chi connectivity index (χ0v) is 8.43. The fourth-order valence-electron chi connectivity index (χ4n) is 0.400. The van der Waals surface area contributed by atoms with E-state index in [-0.39, 0.29) is 24.0 Å². The van der Waals surface area contributed by atoms with Gasteiger partial charge >= 0.3 is 0 Å². The maximum Gasteiger partial charge on any atom is 0.192 e. The largest absolute Gasteiger partial charge is 1.00 e. The van der Waals surface area contributed by atoms with Gasteiger partial charge in [0.15, 0.2) is 5.96 Å². The van der Waals surface area contributed by atoms with Gasteiger partial charge in [-0.2, -0.15) is 0 Å². The molecule has 0 unspecified atom stereocenters. The second-order valence-corrected chi connectivity index (χ2v) is 2.11. The van der Waals surface area contributed by atoms with E-state index in [1.165, 1.54) is 0 Å². The van der Waals surface area contributed by atoms with Gasteiger partial charge < -0.3 is 33.8 Å². The molecule has 0 amide bonds. The molecule has 0 rings (SSSR count). The summed E-state index contributed by atoms with van der Waals surface area (Å²) in [5.74, 6) is 0.519. The van der Waals surface area contributed by atoms with Gasteiger partial charge in [-0.25, -0.2) is 0 Å². The molecule has 0 aromatic carbocycles. The Morgan fingerprint density at radius 2 is 1.22 bits per heavy atom. The number of hydrogen-bond donors (Lipinski definition) is 1. The van der Waals surface area contributed by atoms with Crippen molar-refractivity contribution in [2.75, 3.05) is 28.2 Å². The van der Waals surface area contributed by atoms with Crippen molar-refractivity contribution in [1.29, 1.82) is 5.41 Å². The van der Waals surface area contributed by atoms with E-state index < -0.39 is 0 Å². The average Bonchev–Trinajstić information content (AvgIpc) is 1.64. The minimum Gasteiger partial charge on any atom is -1.00 e. The predicted molar refractivity (Wildman–Crippen MR) is 35.1 cm³/mol. The minimum atomic E-state index is 0. The van der Waals surface area contributed by atoms with E-state index >= 15 is 0 Å². The molecule has 0 aliphatic heterocycles. The molecule has 0 aliphatic rings. The third kappa shape index (κ3) is 4.50. The summed E-state index contributed by atoms with van der Waals surface area (Å²) >= 11 is 0. The fourth-order valence-corrected chi connectivity index (χ4v) is 0.400. The second-order valence-electron chi connectivity index (χ2n) is 2.11. The Bertz CT molecular complexity index is 80.2. The molecule has 0 fully saturated rings. The lowest BCUT2D eigenvalue weighted by Crippen LogP contribution is -3.00. The number of nitrogens with one attached hydrogen (secondary N) is 1. The van der Waals surface area contributed by atoms with Gasteiger partial charge in [0.25, 0.3) is 0 Å². The van der Waals surface area contributed by atoms with Crippen LogP contribution in [0.1, 0.15) is 0 Å². The molecule has 0 aromatic rings. The van der Waals surface area contributed by atoms with Gasteiger partial charge in [-0.15, -0.1) is 0 Å². The standard InChI is InChI=1S/C5H13N3.HI/c1-7(2)5(6)8(3)4;/h6H,1-4H3;1H/p-1. The molecule has 0 spiro atoms. The van der Waals surface area contributed by atoms with Gasteiger partial charge in [-0.1, -0.05) is 0 Å². The number of guanidine groups is 1. The van der Waals surface area contributed by atoms with Crippen molar-refractivity contribution < 1.29 is 24.0 Å². The van der Waals surface area contributed by atoms with Crippen LogP contribution in [0.4, 0.5) is 0 Å². The van der Waals surface area contributed by atoms with E-state index in [1.54, 1.807) is 9.80 Å². The molecular formula is C5H13IN3-. The highest BCUT2D eigenvalue weighted by atomic mass is 127. The Hall–Kier alpha value is 0. The highest BCUT2D eigenvalue weighted by Gasteiger charge is 1.97. The Labute approximate surface area is 73.5 Å². The third-order valence-electron chi connectivity index (χ3n) is 0.847. The quantitative estimate of drug-likeness (QED) is 0.280. The third-order valence-corrected chi connectivity index (χ3v) is 0.847. The molecule has 0 aromatic heterocycles. The highest BCUT2D eigenvalue weighted by molar-refractivity contribution is 5.75. The van der Waals surface area contributed by atoms with Crippen LogP contribution in [0, 0.1) is 5.41 Å². The lowest BCUT2D eigenvalue weighted by atomic mass is 10.7. The van der Waals surface area contributed by atoms with E-state index in [1.807, 2.05) is 28.2 Å². The van der Waals surface area contributed by atoms with Gasteiger partial charge in [0, 0.05) is 28.2 Å². The van der Waals surface area contributed by atoms with Crippen LogP contribution < -0.4 is 24.0 Å². The Balaban J connectivity index is 0. The lowest BCUT2D eigenvalue weighted by Gasteiger charge is -2.19. The Morgan fingerprint density at radius 3 is 1.22 bits per heavy atom. The van der Waals surface area contributed by atoms with Crippen molar-refractivity contribution in [3.05, 3.63) is 0 Å². The molecule has 0 saturated carbocycles. The van der Waals surface area contributed by atoms with E-state index in [0.29, 0.717) is 5.96 Å². The molecule has 0 bridgehead atoms. The van der Waals surface area contributed by atoms with Crippen LogP contribution in [0.2, 0.25) is 0 Å². The van der Waals surface area contributed by atoms with Crippen LogP contribution in [-0.2, 0) is 0 Å². The summed E-state index contributed by atoms with van der Waals surface area (Å²) in [5, 5.41) is 7.25. The average molecular weight is 242 g/mol. The fraction of sp³-hybridized carbons (Fsp3) is 0.800. The van der Waals surface area contributed by atoms with Crippen LogP contribution in [0.25, 0.3) is 0 Å². The number of nitrogens with zero attached hydrogens (tertiary/aromatic N) is 2. The van der Waals surface area contributed by atoms with Gasteiger partial charge in [-0.3, -0.25) is 5.41 Å². The van der Waals surface area contributed by atoms with E-state index in [9.17, 15) is 0 Å². The summed E-state index contributed by atoms with van der Waals surface area (Å²) in [4.78, 5) is 3.50. The molecule has 56 valence electrons. The molecule has 9 heavy (non-hydrogen) atoms. The van der Waals surface area contributed by atoms with Gasteiger partial charge in [0.1, 0.15) is 0 Å². The van der Waals surface area contributed by atoms with Gasteiger partial charge in [0.2, 0.25) is 0 Å². The number of halogens is 1. The predicted octanol–water partition coefficient (Wildman–Crippen LogP) is -2.95. The normalized spacial score (nSPS) is 7.56. The first-order valence-electron chi connectivity index (χ1n) is 2.49. The second kappa shape index (κ2) is 4.84. The zero-order valence-electron chi connectivity index (χ0n) is 6.27. The summed E-state index contributed by atoms with van der Waals surface area (Å²) in [6.45, 7) is 0. The lowest BCUT2D eigenvalue weighted by molar-refractivity contribution is -0.00000216.